The molecule has 0 aliphatic heterocycles. The van der Waals surface area contributed by atoms with E-state index in [9.17, 15) is 9.59 Å². The van der Waals surface area contributed by atoms with Crippen LogP contribution in [0.1, 0.15) is 26.3 Å². The fraction of sp³-hybridized carbons (Fsp3) is 0.471. The van der Waals surface area contributed by atoms with Crippen molar-refractivity contribution in [1.29, 1.82) is 5.26 Å². The first-order chi connectivity index (χ1) is 11.3. The number of rotatable bonds is 7. The van der Waals surface area contributed by atoms with Gasteiger partial charge in [-0.15, -0.1) is 11.8 Å². The molecule has 0 aliphatic carbocycles. The van der Waals surface area contributed by atoms with Crippen LogP contribution >= 0.6 is 11.8 Å². The lowest BCUT2D eigenvalue weighted by atomic mass is 10.2. The quantitative estimate of drug-likeness (QED) is 0.738. The summed E-state index contributed by atoms with van der Waals surface area (Å²) in [4.78, 5) is 23.9. The summed E-state index contributed by atoms with van der Waals surface area (Å²) in [5, 5.41) is 13.2. The summed E-state index contributed by atoms with van der Waals surface area (Å²) in [5.74, 6) is 0.343. The smallest absolute Gasteiger partial charge is 0.407 e. The Bertz CT molecular complexity index is 579. The van der Waals surface area contributed by atoms with Gasteiger partial charge in [0.15, 0.2) is 0 Å². The molecule has 7 heteroatoms. The van der Waals surface area contributed by atoms with Crippen LogP contribution in [0.4, 0.5) is 4.79 Å². The van der Waals surface area contributed by atoms with E-state index in [1.165, 1.54) is 11.8 Å². The topological polar surface area (TPSA) is 91.2 Å². The average molecular weight is 349 g/mol. The van der Waals surface area contributed by atoms with Crippen LogP contribution in [0.25, 0.3) is 0 Å². The van der Waals surface area contributed by atoms with Gasteiger partial charge in [0.25, 0.3) is 0 Å². The molecule has 6 nitrogen and oxygen atoms in total. The molecule has 2 N–H and O–H groups in total. The van der Waals surface area contributed by atoms with Crippen molar-refractivity contribution in [3.63, 3.8) is 0 Å². The normalized spacial score (nSPS) is 11.9. The van der Waals surface area contributed by atoms with Crippen molar-refractivity contribution in [1.82, 2.24) is 10.6 Å². The van der Waals surface area contributed by atoms with E-state index >= 15 is 0 Å². The van der Waals surface area contributed by atoms with E-state index in [1.54, 1.807) is 20.8 Å². The third kappa shape index (κ3) is 8.44. The first kappa shape index (κ1) is 19.8. The lowest BCUT2D eigenvalue weighted by molar-refractivity contribution is -0.120. The van der Waals surface area contributed by atoms with Gasteiger partial charge in [-0.05, 0) is 26.3 Å². The number of thioether (sulfide) groups is 1. The van der Waals surface area contributed by atoms with Gasteiger partial charge in [-0.2, -0.15) is 5.26 Å². The number of ether oxygens (including phenoxy) is 1. The SMILES string of the molecule is CC(C)(C)OC(=O)NCC(SCc1ccccc1)C(=O)NCC#N. The first-order valence-corrected chi connectivity index (χ1v) is 8.64. The minimum atomic E-state index is -0.597. The molecule has 2 amide bonds. The van der Waals surface area contributed by atoms with Gasteiger partial charge >= 0.3 is 6.09 Å². The molecular weight excluding hydrogens is 326 g/mol. The summed E-state index contributed by atoms with van der Waals surface area (Å²) in [7, 11) is 0. The summed E-state index contributed by atoms with van der Waals surface area (Å²) in [6.07, 6.45) is -0.569. The monoisotopic (exact) mass is 349 g/mol. The fourth-order valence-corrected chi connectivity index (χ4v) is 2.75. The maximum Gasteiger partial charge on any atom is 0.407 e. The molecule has 1 aromatic carbocycles. The maximum atomic E-state index is 12.1. The van der Waals surface area contributed by atoms with Gasteiger partial charge in [-0.1, -0.05) is 30.3 Å². The molecule has 0 saturated heterocycles. The van der Waals surface area contributed by atoms with Crippen molar-refractivity contribution in [2.24, 2.45) is 0 Å². The van der Waals surface area contributed by atoms with Gasteiger partial charge in [0.05, 0.1) is 6.07 Å². The average Bonchev–Trinajstić information content (AvgIpc) is 2.52. The molecular formula is C17H23N3O3S. The van der Waals surface area contributed by atoms with Crippen LogP contribution in [0.15, 0.2) is 30.3 Å². The zero-order valence-corrected chi connectivity index (χ0v) is 15.0. The number of benzene rings is 1. The molecule has 0 fully saturated rings. The minimum Gasteiger partial charge on any atom is -0.444 e. The van der Waals surface area contributed by atoms with Gasteiger partial charge in [0.1, 0.15) is 17.4 Å². The zero-order valence-electron chi connectivity index (χ0n) is 14.2. The van der Waals surface area contributed by atoms with E-state index in [2.05, 4.69) is 10.6 Å². The Morgan fingerprint density at radius 2 is 1.92 bits per heavy atom. The fourth-order valence-electron chi connectivity index (χ4n) is 1.73. The van der Waals surface area contributed by atoms with Gasteiger partial charge in [-0.25, -0.2) is 4.79 Å². The number of alkyl carbamates (subject to hydrolysis) is 1. The highest BCUT2D eigenvalue weighted by molar-refractivity contribution is 7.99. The Hall–Kier alpha value is -2.20. The zero-order chi connectivity index (χ0) is 18.0. The molecule has 130 valence electrons. The number of nitrogens with one attached hydrogen (secondary N) is 2. The molecule has 24 heavy (non-hydrogen) atoms. The van der Waals surface area contributed by atoms with Crippen LogP contribution in [0.2, 0.25) is 0 Å². The van der Waals surface area contributed by atoms with E-state index in [1.807, 2.05) is 36.4 Å². The Labute approximate surface area is 146 Å². The van der Waals surface area contributed by atoms with Crippen molar-refractivity contribution in [3.8, 4) is 6.07 Å². The maximum absolute atomic E-state index is 12.1. The molecule has 0 bridgehead atoms. The molecule has 1 aromatic rings. The van der Waals surface area contributed by atoms with E-state index in [-0.39, 0.29) is 19.0 Å². The van der Waals surface area contributed by atoms with Crippen molar-refractivity contribution in [2.45, 2.75) is 37.4 Å². The van der Waals surface area contributed by atoms with Gasteiger partial charge in [0, 0.05) is 12.3 Å². The summed E-state index contributed by atoms with van der Waals surface area (Å²) in [6.45, 7) is 5.38. The highest BCUT2D eigenvalue weighted by atomic mass is 32.2. The third-order valence-electron chi connectivity index (χ3n) is 2.76. The van der Waals surface area contributed by atoms with Crippen molar-refractivity contribution >= 4 is 23.8 Å². The molecule has 1 atom stereocenters. The Morgan fingerprint density at radius 1 is 1.25 bits per heavy atom. The van der Waals surface area contributed by atoms with Crippen molar-refractivity contribution in [3.05, 3.63) is 35.9 Å². The molecule has 0 radical (unpaired) electrons. The van der Waals surface area contributed by atoms with Crippen LogP contribution in [0.3, 0.4) is 0 Å². The van der Waals surface area contributed by atoms with Gasteiger partial charge in [-0.3, -0.25) is 4.79 Å². The highest BCUT2D eigenvalue weighted by Gasteiger charge is 2.22. The summed E-state index contributed by atoms with van der Waals surface area (Å²) < 4.78 is 5.17. The number of carbonyl (C=O) groups is 2. The largest absolute Gasteiger partial charge is 0.444 e. The second-order valence-corrected chi connectivity index (χ2v) is 7.23. The summed E-state index contributed by atoms with van der Waals surface area (Å²) in [5.41, 5.74) is 0.484. The number of hydrogen-bond donors (Lipinski definition) is 2. The van der Waals surface area contributed by atoms with E-state index < -0.39 is 16.9 Å². The van der Waals surface area contributed by atoms with Gasteiger partial charge < -0.3 is 15.4 Å². The lowest BCUT2D eigenvalue weighted by Gasteiger charge is -2.21. The Balaban J connectivity index is 2.59. The molecule has 1 unspecified atom stereocenters. The van der Waals surface area contributed by atoms with E-state index in [0.29, 0.717) is 5.75 Å². The Morgan fingerprint density at radius 3 is 2.50 bits per heavy atom. The van der Waals surface area contributed by atoms with Crippen LogP contribution in [0.5, 0.6) is 0 Å². The Kier molecular flexibility index (Phi) is 8.13. The molecule has 0 spiro atoms. The minimum absolute atomic E-state index is 0.0618. The van der Waals surface area contributed by atoms with E-state index in [4.69, 9.17) is 10.00 Å². The molecule has 0 saturated carbocycles. The number of hydrogen-bond acceptors (Lipinski definition) is 5. The highest BCUT2D eigenvalue weighted by Crippen LogP contribution is 2.18. The number of carbonyl (C=O) groups excluding carboxylic acids is 2. The van der Waals surface area contributed by atoms with Crippen LogP contribution < -0.4 is 10.6 Å². The summed E-state index contributed by atoms with van der Waals surface area (Å²) in [6, 6.07) is 11.6. The van der Waals surface area contributed by atoms with Crippen LogP contribution in [-0.4, -0.2) is 35.9 Å². The van der Waals surface area contributed by atoms with Crippen LogP contribution in [0, 0.1) is 11.3 Å². The second-order valence-electron chi connectivity index (χ2n) is 6.04. The first-order valence-electron chi connectivity index (χ1n) is 7.59. The molecule has 0 aromatic heterocycles. The number of amides is 2. The molecule has 1 rings (SSSR count). The van der Waals surface area contributed by atoms with Gasteiger partial charge in [0.2, 0.25) is 5.91 Å². The van der Waals surface area contributed by atoms with E-state index in [0.717, 1.165) is 5.56 Å². The standard InChI is InChI=1S/C17H23N3O3S/c1-17(2,3)23-16(22)20-11-14(15(21)19-10-9-18)24-12-13-7-5-4-6-8-13/h4-8,14H,10-12H2,1-3H3,(H,19,21)(H,20,22). The van der Waals surface area contributed by atoms with Crippen molar-refractivity contribution < 1.29 is 14.3 Å². The predicted molar refractivity (Wildman–Crippen MR) is 94.4 cm³/mol. The summed E-state index contributed by atoms with van der Waals surface area (Å²) >= 11 is 1.40. The van der Waals surface area contributed by atoms with Crippen LogP contribution in [-0.2, 0) is 15.3 Å². The third-order valence-corrected chi connectivity index (χ3v) is 4.04. The second kappa shape index (κ2) is 9.83. The molecule has 0 heterocycles. The molecule has 0 aliphatic rings. The number of nitrogens with zero attached hydrogens (tertiary/aromatic N) is 1. The predicted octanol–water partition coefficient (Wildman–Crippen LogP) is 2.45. The van der Waals surface area contributed by atoms with Crippen molar-refractivity contribution in [2.75, 3.05) is 13.1 Å². The number of nitriles is 1. The lowest BCUT2D eigenvalue weighted by Crippen LogP contribution is -2.42.